The predicted molar refractivity (Wildman–Crippen MR) is 94.5 cm³/mol. The van der Waals surface area contributed by atoms with Crippen LogP contribution in [-0.2, 0) is 6.42 Å². The molecule has 26 heavy (non-hydrogen) atoms. The first-order chi connectivity index (χ1) is 12.6. The zero-order valence-corrected chi connectivity index (χ0v) is 14.4. The summed E-state index contributed by atoms with van der Waals surface area (Å²) >= 11 is 0. The van der Waals surface area contributed by atoms with Gasteiger partial charge in [-0.2, -0.15) is 5.26 Å². The quantitative estimate of drug-likeness (QED) is 0.558. The number of alkyl halides is 1. The van der Waals surface area contributed by atoms with Crippen LogP contribution in [0.2, 0.25) is 0 Å². The lowest BCUT2D eigenvalue weighted by atomic mass is 10.1. The van der Waals surface area contributed by atoms with Crippen molar-refractivity contribution in [3.63, 3.8) is 0 Å². The molecule has 1 aromatic carbocycles. The van der Waals surface area contributed by atoms with Gasteiger partial charge in [0.25, 0.3) is 0 Å². The van der Waals surface area contributed by atoms with Crippen LogP contribution in [0.5, 0.6) is 0 Å². The molecular formula is C19H16FN5O. The van der Waals surface area contributed by atoms with Gasteiger partial charge in [0.1, 0.15) is 23.8 Å². The number of pyridine rings is 1. The first-order valence-corrected chi connectivity index (χ1v) is 8.28. The highest BCUT2D eigenvalue weighted by Gasteiger charge is 2.20. The van der Waals surface area contributed by atoms with Gasteiger partial charge < -0.3 is 9.09 Å². The van der Waals surface area contributed by atoms with Gasteiger partial charge in [-0.3, -0.25) is 4.98 Å². The number of rotatable bonds is 4. The molecule has 0 amide bonds. The molecule has 0 saturated carbocycles. The molecule has 0 aliphatic rings. The molecule has 0 bridgehead atoms. The van der Waals surface area contributed by atoms with Gasteiger partial charge in [-0.1, -0.05) is 5.16 Å². The first-order valence-electron chi connectivity index (χ1n) is 8.28. The average molecular weight is 349 g/mol. The van der Waals surface area contributed by atoms with E-state index in [4.69, 9.17) is 4.52 Å². The molecule has 6 nitrogen and oxygen atoms in total. The van der Waals surface area contributed by atoms with Crippen LogP contribution in [0.4, 0.5) is 4.39 Å². The number of hydrogen-bond donors (Lipinski definition) is 0. The Kier molecular flexibility index (Phi) is 3.88. The van der Waals surface area contributed by atoms with E-state index in [0.29, 0.717) is 29.1 Å². The van der Waals surface area contributed by atoms with Crippen LogP contribution in [-0.4, -0.2) is 26.4 Å². The van der Waals surface area contributed by atoms with E-state index < -0.39 is 12.7 Å². The predicted octanol–water partition coefficient (Wildman–Crippen LogP) is 3.87. The second-order valence-corrected chi connectivity index (χ2v) is 6.34. The summed E-state index contributed by atoms with van der Waals surface area (Å²) < 4.78 is 20.6. The first kappa shape index (κ1) is 16.2. The highest BCUT2D eigenvalue weighted by Crippen LogP contribution is 2.29. The molecule has 0 aliphatic carbocycles. The van der Waals surface area contributed by atoms with Crippen molar-refractivity contribution in [1.82, 2.24) is 19.7 Å². The van der Waals surface area contributed by atoms with Crippen LogP contribution in [0, 0.1) is 18.3 Å². The van der Waals surface area contributed by atoms with E-state index in [1.165, 1.54) is 0 Å². The molecule has 0 radical (unpaired) electrons. The summed E-state index contributed by atoms with van der Waals surface area (Å²) in [6.07, 6.45) is 2.11. The summed E-state index contributed by atoms with van der Waals surface area (Å²) in [6, 6.07) is 8.87. The molecule has 0 saturated heterocycles. The van der Waals surface area contributed by atoms with E-state index in [1.807, 2.05) is 17.6 Å². The van der Waals surface area contributed by atoms with Crippen molar-refractivity contribution in [3.8, 4) is 6.07 Å². The minimum Gasteiger partial charge on any atom is -0.361 e. The van der Waals surface area contributed by atoms with E-state index in [2.05, 4.69) is 21.2 Å². The molecule has 0 unspecified atom stereocenters. The fraction of sp³-hybridized carbons (Fsp3) is 0.263. The van der Waals surface area contributed by atoms with Gasteiger partial charge in [-0.15, -0.1) is 0 Å². The standard InChI is InChI=1S/C19H16FN5O/c1-11(8-20)25-18(7-14-5-12(2)26-24-14)23-17-10-22-16-4-3-13(9-21)6-15(16)19(17)25/h3-6,10-11H,7-8H2,1-2H3/t11-/m0/s1. The highest BCUT2D eigenvalue weighted by molar-refractivity contribution is 6.02. The molecular weight excluding hydrogens is 333 g/mol. The van der Waals surface area contributed by atoms with Gasteiger partial charge in [0, 0.05) is 11.5 Å². The van der Waals surface area contributed by atoms with E-state index in [9.17, 15) is 9.65 Å². The number of hydrogen-bond acceptors (Lipinski definition) is 5. The van der Waals surface area contributed by atoms with Crippen LogP contribution in [0.1, 0.15) is 35.8 Å². The summed E-state index contributed by atoms with van der Waals surface area (Å²) in [5, 5.41) is 14.0. The molecule has 7 heteroatoms. The summed E-state index contributed by atoms with van der Waals surface area (Å²) in [6.45, 7) is 3.10. The van der Waals surface area contributed by atoms with Crippen LogP contribution in [0.15, 0.2) is 35.0 Å². The van der Waals surface area contributed by atoms with Gasteiger partial charge in [0.05, 0.1) is 47.0 Å². The van der Waals surface area contributed by atoms with Crippen molar-refractivity contribution >= 4 is 21.9 Å². The maximum atomic E-state index is 13.6. The third-order valence-electron chi connectivity index (χ3n) is 4.40. The van der Waals surface area contributed by atoms with E-state index in [1.54, 1.807) is 31.3 Å². The Balaban J connectivity index is 2.00. The normalized spacial score (nSPS) is 12.5. The minimum absolute atomic E-state index is 0.403. The largest absolute Gasteiger partial charge is 0.361 e. The van der Waals surface area contributed by atoms with Gasteiger partial charge >= 0.3 is 0 Å². The Morgan fingerprint density at radius 3 is 2.85 bits per heavy atom. The molecule has 4 rings (SSSR count). The number of nitriles is 1. The SMILES string of the molecule is Cc1cc(Cc2nc3cnc4ccc(C#N)cc4c3n2[C@@H](C)CF)no1. The zero-order chi connectivity index (χ0) is 18.3. The topological polar surface area (TPSA) is 80.5 Å². The molecule has 0 fully saturated rings. The van der Waals surface area contributed by atoms with Crippen LogP contribution in [0.25, 0.3) is 21.9 Å². The number of halogens is 1. The Morgan fingerprint density at radius 2 is 2.15 bits per heavy atom. The second-order valence-electron chi connectivity index (χ2n) is 6.34. The van der Waals surface area contributed by atoms with E-state index in [-0.39, 0.29) is 0 Å². The Morgan fingerprint density at radius 1 is 1.31 bits per heavy atom. The number of benzene rings is 1. The number of aromatic nitrogens is 4. The monoisotopic (exact) mass is 349 g/mol. The average Bonchev–Trinajstić information content (AvgIpc) is 3.23. The third-order valence-corrected chi connectivity index (χ3v) is 4.40. The Labute approximate surface area is 148 Å². The fourth-order valence-electron chi connectivity index (χ4n) is 3.23. The molecule has 4 aromatic rings. The minimum atomic E-state index is -0.530. The summed E-state index contributed by atoms with van der Waals surface area (Å²) in [5.74, 6) is 1.40. The van der Waals surface area contributed by atoms with Gasteiger partial charge in [-0.05, 0) is 32.0 Å². The number of nitrogens with zero attached hydrogens (tertiary/aromatic N) is 5. The molecule has 3 aromatic heterocycles. The van der Waals surface area contributed by atoms with Crippen molar-refractivity contribution in [2.24, 2.45) is 0 Å². The zero-order valence-electron chi connectivity index (χ0n) is 14.4. The lowest BCUT2D eigenvalue weighted by Crippen LogP contribution is -2.12. The Hall–Kier alpha value is -3.27. The van der Waals surface area contributed by atoms with Gasteiger partial charge in [-0.25, -0.2) is 9.37 Å². The summed E-state index contributed by atoms with van der Waals surface area (Å²) in [7, 11) is 0. The molecule has 0 N–H and O–H groups in total. The van der Waals surface area contributed by atoms with E-state index in [0.717, 1.165) is 22.1 Å². The lowest BCUT2D eigenvalue weighted by Gasteiger charge is -2.15. The smallest absolute Gasteiger partial charge is 0.133 e. The highest BCUT2D eigenvalue weighted by atomic mass is 19.1. The maximum absolute atomic E-state index is 13.6. The van der Waals surface area contributed by atoms with Gasteiger partial charge in [0.2, 0.25) is 0 Å². The van der Waals surface area contributed by atoms with Crippen molar-refractivity contribution < 1.29 is 8.91 Å². The van der Waals surface area contributed by atoms with Crippen LogP contribution < -0.4 is 0 Å². The Bertz CT molecular complexity index is 1150. The van der Waals surface area contributed by atoms with E-state index >= 15 is 0 Å². The maximum Gasteiger partial charge on any atom is 0.133 e. The fourth-order valence-corrected chi connectivity index (χ4v) is 3.23. The van der Waals surface area contributed by atoms with Crippen molar-refractivity contribution in [2.45, 2.75) is 26.3 Å². The van der Waals surface area contributed by atoms with Crippen molar-refractivity contribution in [1.29, 1.82) is 5.26 Å². The molecule has 130 valence electrons. The molecule has 0 aliphatic heterocycles. The second kappa shape index (κ2) is 6.23. The molecule has 1 atom stereocenters. The summed E-state index contributed by atoms with van der Waals surface area (Å²) in [4.78, 5) is 9.08. The van der Waals surface area contributed by atoms with Crippen molar-refractivity contribution in [3.05, 3.63) is 53.3 Å². The van der Waals surface area contributed by atoms with Gasteiger partial charge in [0.15, 0.2) is 0 Å². The number of imidazole rings is 1. The summed E-state index contributed by atoms with van der Waals surface area (Å²) in [5.41, 5.74) is 3.46. The lowest BCUT2D eigenvalue weighted by molar-refractivity contribution is 0.374. The number of aryl methyl sites for hydroxylation is 1. The third kappa shape index (κ3) is 2.60. The van der Waals surface area contributed by atoms with Crippen LogP contribution in [0.3, 0.4) is 0 Å². The number of fused-ring (bicyclic) bond motifs is 3. The van der Waals surface area contributed by atoms with Crippen LogP contribution >= 0.6 is 0 Å². The molecule has 0 spiro atoms. The van der Waals surface area contributed by atoms with Crippen molar-refractivity contribution in [2.75, 3.05) is 6.67 Å². The molecule has 3 heterocycles.